The molecule has 9 heteroatoms. The van der Waals surface area contributed by atoms with Crippen molar-refractivity contribution in [3.8, 4) is 5.75 Å². The smallest absolute Gasteiger partial charge is 0.338 e. The van der Waals surface area contributed by atoms with Gasteiger partial charge in [0.25, 0.3) is 5.91 Å². The van der Waals surface area contributed by atoms with Gasteiger partial charge in [-0.2, -0.15) is 0 Å². The third kappa shape index (κ3) is 5.02. The molecule has 0 aliphatic heterocycles. The van der Waals surface area contributed by atoms with Crippen LogP contribution < -0.4 is 14.8 Å². The number of esters is 1. The zero-order chi connectivity index (χ0) is 20.3. The summed E-state index contributed by atoms with van der Waals surface area (Å²) in [6, 6.07) is 4.08. The molecule has 2 N–H and O–H groups in total. The highest BCUT2D eigenvalue weighted by Gasteiger charge is 2.31. The first-order valence-electron chi connectivity index (χ1n) is 9.52. The van der Waals surface area contributed by atoms with Crippen LogP contribution in [0.1, 0.15) is 55.8 Å². The van der Waals surface area contributed by atoms with E-state index >= 15 is 0 Å². The predicted molar refractivity (Wildman–Crippen MR) is 102 cm³/mol. The summed E-state index contributed by atoms with van der Waals surface area (Å²) in [6.45, 7) is 1.50. The minimum atomic E-state index is -3.82. The number of hydrogen-bond acceptors (Lipinski definition) is 6. The molecule has 2 aliphatic rings. The highest BCUT2D eigenvalue weighted by Crippen LogP contribution is 2.28. The van der Waals surface area contributed by atoms with Gasteiger partial charge in [0.05, 0.1) is 12.7 Å². The lowest BCUT2D eigenvalue weighted by Crippen LogP contribution is -2.40. The van der Waals surface area contributed by atoms with Crippen molar-refractivity contribution >= 4 is 21.9 Å². The van der Waals surface area contributed by atoms with Crippen LogP contribution in [-0.2, 0) is 19.6 Å². The van der Waals surface area contributed by atoms with Gasteiger partial charge in [0.15, 0.2) is 6.10 Å². The number of carbonyl (C=O) groups is 2. The van der Waals surface area contributed by atoms with Crippen LogP contribution in [-0.4, -0.2) is 45.6 Å². The van der Waals surface area contributed by atoms with Crippen molar-refractivity contribution in [2.75, 3.05) is 7.11 Å². The Morgan fingerprint density at radius 2 is 1.79 bits per heavy atom. The molecule has 0 radical (unpaired) electrons. The summed E-state index contributed by atoms with van der Waals surface area (Å²) in [5.74, 6) is -0.978. The van der Waals surface area contributed by atoms with Crippen molar-refractivity contribution < 1.29 is 27.5 Å². The molecular weight excluding hydrogens is 384 g/mol. The van der Waals surface area contributed by atoms with Gasteiger partial charge in [0.2, 0.25) is 10.0 Å². The first-order chi connectivity index (χ1) is 13.3. The lowest BCUT2D eigenvalue weighted by atomic mass is 10.2. The van der Waals surface area contributed by atoms with Gasteiger partial charge in [-0.25, -0.2) is 17.9 Å². The summed E-state index contributed by atoms with van der Waals surface area (Å²) in [7, 11) is -2.46. The van der Waals surface area contributed by atoms with Gasteiger partial charge < -0.3 is 14.8 Å². The highest BCUT2D eigenvalue weighted by molar-refractivity contribution is 7.89. The largest absolute Gasteiger partial charge is 0.495 e. The van der Waals surface area contributed by atoms with Crippen molar-refractivity contribution in [2.45, 2.75) is 68.5 Å². The zero-order valence-corrected chi connectivity index (χ0v) is 16.9. The minimum Gasteiger partial charge on any atom is -0.495 e. The number of ether oxygens (including phenoxy) is 2. The quantitative estimate of drug-likeness (QED) is 0.632. The number of methoxy groups -OCH3 is 1. The Kier molecular flexibility index (Phi) is 6.24. The van der Waals surface area contributed by atoms with Crippen LogP contribution in [0.5, 0.6) is 5.75 Å². The molecular formula is C19H26N2O6S. The molecule has 2 aliphatic carbocycles. The molecule has 0 bridgehead atoms. The molecule has 1 amide bonds. The topological polar surface area (TPSA) is 111 Å². The van der Waals surface area contributed by atoms with Gasteiger partial charge in [-0.3, -0.25) is 4.79 Å². The van der Waals surface area contributed by atoms with E-state index in [4.69, 9.17) is 9.47 Å². The molecule has 28 heavy (non-hydrogen) atoms. The fourth-order valence-electron chi connectivity index (χ4n) is 3.17. The third-order valence-electron chi connectivity index (χ3n) is 4.94. The molecule has 154 valence electrons. The third-order valence-corrected chi connectivity index (χ3v) is 6.48. The maximum Gasteiger partial charge on any atom is 0.338 e. The summed E-state index contributed by atoms with van der Waals surface area (Å²) >= 11 is 0. The van der Waals surface area contributed by atoms with Crippen LogP contribution in [0.2, 0.25) is 0 Å². The van der Waals surface area contributed by atoms with Gasteiger partial charge in [-0.05, 0) is 50.8 Å². The van der Waals surface area contributed by atoms with Crippen LogP contribution in [0, 0.1) is 0 Å². The van der Waals surface area contributed by atoms with E-state index in [-0.39, 0.29) is 34.2 Å². The molecule has 0 aromatic heterocycles. The van der Waals surface area contributed by atoms with E-state index < -0.39 is 22.1 Å². The number of sulfonamides is 1. The Bertz CT molecular complexity index is 844. The molecule has 1 aromatic rings. The predicted octanol–water partition coefficient (Wildman–Crippen LogP) is 1.74. The summed E-state index contributed by atoms with van der Waals surface area (Å²) in [5, 5.41) is 2.88. The second kappa shape index (κ2) is 8.48. The van der Waals surface area contributed by atoms with Gasteiger partial charge >= 0.3 is 5.97 Å². The van der Waals surface area contributed by atoms with E-state index in [2.05, 4.69) is 10.0 Å². The van der Waals surface area contributed by atoms with E-state index in [9.17, 15) is 18.0 Å². The SMILES string of the molecule is COc1ccc(C(=O)O[C@@H](C)C(=O)NC2CCCC2)cc1S(=O)(=O)NC1CC1. The molecule has 0 spiro atoms. The maximum absolute atomic E-state index is 12.6. The van der Waals surface area contributed by atoms with Crippen molar-refractivity contribution in [3.05, 3.63) is 23.8 Å². The molecule has 8 nitrogen and oxygen atoms in total. The Balaban J connectivity index is 1.70. The van der Waals surface area contributed by atoms with Crippen LogP contribution in [0.15, 0.2) is 23.1 Å². The van der Waals surface area contributed by atoms with Gasteiger partial charge in [0.1, 0.15) is 10.6 Å². The maximum atomic E-state index is 12.6. The van der Waals surface area contributed by atoms with Crippen molar-refractivity contribution in [1.82, 2.24) is 10.0 Å². The van der Waals surface area contributed by atoms with Crippen LogP contribution in [0.25, 0.3) is 0 Å². The molecule has 2 saturated carbocycles. The number of nitrogens with one attached hydrogen (secondary N) is 2. The normalized spacial score (nSPS) is 18.5. The summed E-state index contributed by atoms with van der Waals surface area (Å²) in [6.07, 6.45) is 4.63. The van der Waals surface area contributed by atoms with Gasteiger partial charge in [-0.1, -0.05) is 12.8 Å². The standard InChI is InChI=1S/C19H26N2O6S/c1-12(18(22)20-14-5-3-4-6-14)27-19(23)13-7-10-16(26-2)17(11-13)28(24,25)21-15-8-9-15/h7,10-12,14-15,21H,3-6,8-9H2,1-2H3,(H,20,22)/t12-/m0/s1. The van der Waals surface area contributed by atoms with Crippen LogP contribution >= 0.6 is 0 Å². The van der Waals surface area contributed by atoms with Crippen molar-refractivity contribution in [2.24, 2.45) is 0 Å². The summed E-state index contributed by atoms with van der Waals surface area (Å²) in [5.41, 5.74) is 0.0393. The highest BCUT2D eigenvalue weighted by atomic mass is 32.2. The molecule has 0 saturated heterocycles. The van der Waals surface area contributed by atoms with E-state index in [0.717, 1.165) is 38.5 Å². The second-order valence-corrected chi connectivity index (χ2v) is 8.98. The molecule has 0 heterocycles. The van der Waals surface area contributed by atoms with Crippen molar-refractivity contribution in [3.63, 3.8) is 0 Å². The minimum absolute atomic E-state index is 0.0393. The number of benzene rings is 1. The van der Waals surface area contributed by atoms with E-state index in [1.165, 1.54) is 32.2 Å². The monoisotopic (exact) mass is 410 g/mol. The van der Waals surface area contributed by atoms with E-state index in [1.807, 2.05) is 0 Å². The Morgan fingerprint density at radius 1 is 1.11 bits per heavy atom. The van der Waals surface area contributed by atoms with Crippen LogP contribution in [0.4, 0.5) is 0 Å². The lowest BCUT2D eigenvalue weighted by molar-refractivity contribution is -0.129. The lowest BCUT2D eigenvalue weighted by Gasteiger charge is -2.17. The fourth-order valence-corrected chi connectivity index (χ4v) is 4.67. The Hall–Kier alpha value is -2.13. The zero-order valence-electron chi connectivity index (χ0n) is 16.1. The number of carbonyl (C=O) groups excluding carboxylic acids is 2. The summed E-state index contributed by atoms with van der Waals surface area (Å²) < 4.78 is 38.0. The fraction of sp³-hybridized carbons (Fsp3) is 0.579. The second-order valence-electron chi connectivity index (χ2n) is 7.30. The molecule has 0 unspecified atom stereocenters. The number of hydrogen-bond donors (Lipinski definition) is 2. The van der Waals surface area contributed by atoms with E-state index in [1.54, 1.807) is 0 Å². The number of rotatable bonds is 8. The van der Waals surface area contributed by atoms with Gasteiger partial charge in [-0.15, -0.1) is 0 Å². The molecule has 1 atom stereocenters. The molecule has 3 rings (SSSR count). The van der Waals surface area contributed by atoms with Crippen LogP contribution in [0.3, 0.4) is 0 Å². The Morgan fingerprint density at radius 3 is 2.39 bits per heavy atom. The average Bonchev–Trinajstić information content (AvgIpc) is 3.31. The molecule has 1 aromatic carbocycles. The first kappa shape index (κ1) is 20.6. The average molecular weight is 410 g/mol. The molecule has 2 fully saturated rings. The summed E-state index contributed by atoms with van der Waals surface area (Å²) in [4.78, 5) is 24.5. The Labute approximate surface area is 165 Å². The van der Waals surface area contributed by atoms with Gasteiger partial charge in [0, 0.05) is 12.1 Å². The van der Waals surface area contributed by atoms with Crippen molar-refractivity contribution in [1.29, 1.82) is 0 Å². The van der Waals surface area contributed by atoms with E-state index in [0.29, 0.717) is 0 Å². The number of amides is 1. The first-order valence-corrected chi connectivity index (χ1v) is 11.0.